The van der Waals surface area contributed by atoms with E-state index in [0.29, 0.717) is 6.04 Å². The summed E-state index contributed by atoms with van der Waals surface area (Å²) in [6.45, 7) is 5.39. The van der Waals surface area contributed by atoms with E-state index in [4.69, 9.17) is 0 Å². The molecule has 96 valence electrons. The molecule has 2 aromatic rings. The molecule has 0 spiro atoms. The third-order valence-corrected chi connectivity index (χ3v) is 3.75. The topological polar surface area (TPSA) is 24.9 Å². The number of nitrogens with one attached hydrogen (secondary N) is 1. The van der Waals surface area contributed by atoms with Crippen LogP contribution in [0.1, 0.15) is 35.5 Å². The highest BCUT2D eigenvalue weighted by Gasteiger charge is 2.12. The molecule has 1 aromatic heterocycles. The first-order chi connectivity index (χ1) is 8.79. The zero-order valence-electron chi connectivity index (χ0n) is 11.0. The Morgan fingerprint density at radius 1 is 1.39 bits per heavy atom. The number of rotatable bonds is 6. The molecule has 0 amide bonds. The van der Waals surface area contributed by atoms with Gasteiger partial charge in [-0.15, -0.1) is 11.3 Å². The van der Waals surface area contributed by atoms with Crippen LogP contribution < -0.4 is 5.32 Å². The lowest BCUT2D eigenvalue weighted by atomic mass is 10.0. The van der Waals surface area contributed by atoms with Gasteiger partial charge in [-0.2, -0.15) is 0 Å². The molecule has 2 rings (SSSR count). The van der Waals surface area contributed by atoms with E-state index >= 15 is 0 Å². The quantitative estimate of drug-likeness (QED) is 0.856. The molecule has 18 heavy (non-hydrogen) atoms. The Labute approximate surface area is 113 Å². The third-order valence-electron chi connectivity index (χ3n) is 2.95. The molecule has 0 saturated carbocycles. The minimum atomic E-state index is 0.371. The minimum Gasteiger partial charge on any atom is -0.310 e. The molecule has 1 unspecified atom stereocenters. The predicted octanol–water partition coefficient (Wildman–Crippen LogP) is 3.73. The van der Waals surface area contributed by atoms with Gasteiger partial charge in [-0.25, -0.2) is 4.98 Å². The van der Waals surface area contributed by atoms with E-state index in [-0.39, 0.29) is 0 Å². The van der Waals surface area contributed by atoms with Crippen molar-refractivity contribution in [3.63, 3.8) is 0 Å². The normalized spacial score (nSPS) is 12.6. The number of hydrogen-bond acceptors (Lipinski definition) is 3. The van der Waals surface area contributed by atoms with Crippen LogP contribution in [0.3, 0.4) is 0 Å². The van der Waals surface area contributed by atoms with Gasteiger partial charge in [0.15, 0.2) is 0 Å². The molecule has 1 N–H and O–H groups in total. The second-order valence-corrected chi connectivity index (χ2v) is 5.53. The van der Waals surface area contributed by atoms with Crippen molar-refractivity contribution in [1.82, 2.24) is 10.3 Å². The maximum absolute atomic E-state index is 4.39. The van der Waals surface area contributed by atoms with Crippen LogP contribution in [0, 0.1) is 6.92 Å². The van der Waals surface area contributed by atoms with Gasteiger partial charge in [-0.3, -0.25) is 0 Å². The Kier molecular flexibility index (Phi) is 4.90. The number of hydrogen-bond donors (Lipinski definition) is 1. The Hall–Kier alpha value is -1.19. The summed E-state index contributed by atoms with van der Waals surface area (Å²) < 4.78 is 0. The van der Waals surface area contributed by atoms with Gasteiger partial charge >= 0.3 is 0 Å². The van der Waals surface area contributed by atoms with Crippen molar-refractivity contribution in [2.75, 3.05) is 6.54 Å². The van der Waals surface area contributed by atoms with Crippen molar-refractivity contribution < 1.29 is 0 Å². The van der Waals surface area contributed by atoms with E-state index in [1.54, 1.807) is 11.3 Å². The number of nitrogens with zero attached hydrogens (tertiary/aromatic N) is 1. The molecule has 3 heteroatoms. The number of thiazole rings is 1. The lowest BCUT2D eigenvalue weighted by Gasteiger charge is -2.18. The zero-order chi connectivity index (χ0) is 12.8. The van der Waals surface area contributed by atoms with Crippen molar-refractivity contribution in [3.8, 4) is 0 Å². The average molecular weight is 260 g/mol. The van der Waals surface area contributed by atoms with Gasteiger partial charge in [-0.1, -0.05) is 36.8 Å². The van der Waals surface area contributed by atoms with Crippen LogP contribution in [-0.4, -0.2) is 11.5 Å². The van der Waals surface area contributed by atoms with E-state index in [0.717, 1.165) is 19.4 Å². The third kappa shape index (κ3) is 3.65. The SMILES string of the molecule is CCCNC(Cc1nccs1)c1cccc(C)c1. The molecule has 1 atom stereocenters. The lowest BCUT2D eigenvalue weighted by molar-refractivity contribution is 0.528. The summed E-state index contributed by atoms with van der Waals surface area (Å²) in [5.74, 6) is 0. The average Bonchev–Trinajstić information content (AvgIpc) is 2.87. The molecule has 0 aliphatic carbocycles. The number of aryl methyl sites for hydroxylation is 1. The standard InChI is InChI=1S/C15H20N2S/c1-3-7-16-14(11-15-17-8-9-18-15)13-6-4-5-12(2)10-13/h4-6,8-10,14,16H,3,7,11H2,1-2H3. The summed E-state index contributed by atoms with van der Waals surface area (Å²) in [4.78, 5) is 4.39. The molecule has 2 nitrogen and oxygen atoms in total. The lowest BCUT2D eigenvalue weighted by Crippen LogP contribution is -2.24. The monoisotopic (exact) mass is 260 g/mol. The van der Waals surface area contributed by atoms with E-state index in [2.05, 4.69) is 48.4 Å². The maximum Gasteiger partial charge on any atom is 0.0943 e. The Morgan fingerprint density at radius 2 is 2.28 bits per heavy atom. The van der Waals surface area contributed by atoms with E-state index in [1.165, 1.54) is 16.1 Å². The summed E-state index contributed by atoms with van der Waals surface area (Å²) in [5.41, 5.74) is 2.67. The Bertz CT molecular complexity index is 465. The van der Waals surface area contributed by atoms with Crippen molar-refractivity contribution in [1.29, 1.82) is 0 Å². The second kappa shape index (κ2) is 6.66. The highest BCUT2D eigenvalue weighted by molar-refractivity contribution is 7.09. The van der Waals surface area contributed by atoms with Crippen molar-refractivity contribution in [3.05, 3.63) is 52.0 Å². The molecule has 1 aromatic carbocycles. The fourth-order valence-corrected chi connectivity index (χ4v) is 2.71. The van der Waals surface area contributed by atoms with Crippen LogP contribution >= 0.6 is 11.3 Å². The fourth-order valence-electron chi connectivity index (χ4n) is 2.04. The first kappa shape index (κ1) is 13.2. The summed E-state index contributed by atoms with van der Waals surface area (Å²) in [5, 5.41) is 6.86. The van der Waals surface area contributed by atoms with E-state index in [1.807, 2.05) is 11.6 Å². The maximum atomic E-state index is 4.39. The van der Waals surface area contributed by atoms with Gasteiger partial charge in [0.05, 0.1) is 5.01 Å². The molecule has 1 heterocycles. The van der Waals surface area contributed by atoms with E-state index in [9.17, 15) is 0 Å². The van der Waals surface area contributed by atoms with Crippen molar-refractivity contribution in [2.45, 2.75) is 32.7 Å². The van der Waals surface area contributed by atoms with Crippen molar-refractivity contribution in [2.24, 2.45) is 0 Å². The Morgan fingerprint density at radius 3 is 2.94 bits per heavy atom. The smallest absolute Gasteiger partial charge is 0.0943 e. The van der Waals surface area contributed by atoms with Crippen LogP contribution in [0.5, 0.6) is 0 Å². The zero-order valence-corrected chi connectivity index (χ0v) is 11.8. The van der Waals surface area contributed by atoms with Gasteiger partial charge in [0.2, 0.25) is 0 Å². The van der Waals surface area contributed by atoms with Crippen LogP contribution in [0.15, 0.2) is 35.8 Å². The van der Waals surface area contributed by atoms with Gasteiger partial charge < -0.3 is 5.32 Å². The van der Waals surface area contributed by atoms with Crippen molar-refractivity contribution >= 4 is 11.3 Å². The van der Waals surface area contributed by atoms with Gasteiger partial charge in [-0.05, 0) is 25.5 Å². The van der Waals surface area contributed by atoms with E-state index < -0.39 is 0 Å². The molecule has 0 aliphatic heterocycles. The largest absolute Gasteiger partial charge is 0.310 e. The first-order valence-electron chi connectivity index (χ1n) is 6.48. The minimum absolute atomic E-state index is 0.371. The summed E-state index contributed by atoms with van der Waals surface area (Å²) in [6.07, 6.45) is 4.01. The molecule has 0 fully saturated rings. The number of benzene rings is 1. The Balaban J connectivity index is 2.13. The number of aromatic nitrogens is 1. The summed E-state index contributed by atoms with van der Waals surface area (Å²) >= 11 is 1.73. The molecule has 0 radical (unpaired) electrons. The molecule has 0 saturated heterocycles. The summed E-state index contributed by atoms with van der Waals surface area (Å²) in [7, 11) is 0. The van der Waals surface area contributed by atoms with Gasteiger partial charge in [0.1, 0.15) is 0 Å². The molecule has 0 aliphatic rings. The molecule has 0 bridgehead atoms. The summed E-state index contributed by atoms with van der Waals surface area (Å²) in [6, 6.07) is 9.11. The highest BCUT2D eigenvalue weighted by atomic mass is 32.1. The fraction of sp³-hybridized carbons (Fsp3) is 0.400. The van der Waals surface area contributed by atoms with Crippen LogP contribution in [-0.2, 0) is 6.42 Å². The molecular formula is C15H20N2S. The van der Waals surface area contributed by atoms with Gasteiger partial charge in [0, 0.05) is 24.0 Å². The van der Waals surface area contributed by atoms with Crippen LogP contribution in [0.4, 0.5) is 0 Å². The predicted molar refractivity (Wildman–Crippen MR) is 78.0 cm³/mol. The van der Waals surface area contributed by atoms with Crippen LogP contribution in [0.2, 0.25) is 0 Å². The highest BCUT2D eigenvalue weighted by Crippen LogP contribution is 2.20. The molecular weight excluding hydrogens is 240 g/mol. The second-order valence-electron chi connectivity index (χ2n) is 4.55. The van der Waals surface area contributed by atoms with Crippen LogP contribution in [0.25, 0.3) is 0 Å². The first-order valence-corrected chi connectivity index (χ1v) is 7.36. The van der Waals surface area contributed by atoms with Gasteiger partial charge in [0.25, 0.3) is 0 Å².